The van der Waals surface area contributed by atoms with Crippen molar-refractivity contribution < 1.29 is 14.3 Å². The number of carbonyl (C=O) groups is 2. The number of amides is 2. The van der Waals surface area contributed by atoms with Gasteiger partial charge in [-0.05, 0) is 38.7 Å². The van der Waals surface area contributed by atoms with Gasteiger partial charge in [-0.2, -0.15) is 5.10 Å². The summed E-state index contributed by atoms with van der Waals surface area (Å²) in [5.74, 6) is 0.709. The number of aromatic nitrogens is 2. The molecule has 2 amide bonds. The minimum atomic E-state index is -0.126. The number of hydrogen-bond acceptors (Lipinski definition) is 5. The number of nitrogens with one attached hydrogen (secondary N) is 1. The minimum Gasteiger partial charge on any atom is -0.376 e. The van der Waals surface area contributed by atoms with E-state index in [0.717, 1.165) is 44.7 Å². The average Bonchev–Trinajstić information content (AvgIpc) is 3.43. The van der Waals surface area contributed by atoms with Gasteiger partial charge in [0.05, 0.1) is 24.8 Å². The molecule has 8 heteroatoms. The maximum atomic E-state index is 12.9. The van der Waals surface area contributed by atoms with Crippen molar-refractivity contribution in [2.75, 3.05) is 26.2 Å². The summed E-state index contributed by atoms with van der Waals surface area (Å²) in [6, 6.07) is 2.40. The summed E-state index contributed by atoms with van der Waals surface area (Å²) >= 11 is 0. The lowest BCUT2D eigenvalue weighted by molar-refractivity contribution is -0.131. The number of likely N-dealkylation sites (tertiary alicyclic amines) is 2. The van der Waals surface area contributed by atoms with Gasteiger partial charge < -0.3 is 15.0 Å². The fourth-order valence-corrected chi connectivity index (χ4v) is 5.43. The summed E-state index contributed by atoms with van der Waals surface area (Å²) in [6.07, 6.45) is 4.96. The lowest BCUT2D eigenvalue weighted by Crippen LogP contribution is -2.37. The van der Waals surface area contributed by atoms with Gasteiger partial charge in [-0.1, -0.05) is 0 Å². The molecule has 1 aromatic heterocycles. The lowest BCUT2D eigenvalue weighted by atomic mass is 9.84. The van der Waals surface area contributed by atoms with E-state index in [2.05, 4.69) is 15.3 Å². The number of rotatable bonds is 7. The zero-order valence-corrected chi connectivity index (χ0v) is 18.4. The molecule has 4 rings (SSSR count). The average molecular weight is 418 g/mol. The highest BCUT2D eigenvalue weighted by Crippen LogP contribution is 2.42. The van der Waals surface area contributed by atoms with Gasteiger partial charge in [-0.3, -0.25) is 19.2 Å². The van der Waals surface area contributed by atoms with Crippen molar-refractivity contribution in [2.45, 2.75) is 64.3 Å². The van der Waals surface area contributed by atoms with Crippen molar-refractivity contribution in [1.82, 2.24) is 24.9 Å². The Labute approximate surface area is 178 Å². The smallest absolute Gasteiger partial charge is 0.222 e. The normalized spacial score (nSPS) is 29.0. The molecule has 4 heterocycles. The zero-order valence-electron chi connectivity index (χ0n) is 18.4. The largest absolute Gasteiger partial charge is 0.376 e. The van der Waals surface area contributed by atoms with Crippen LogP contribution in [-0.4, -0.2) is 75.8 Å². The number of hydrogen-bond donors (Lipinski definition) is 1. The molecule has 166 valence electrons. The molecule has 3 aliphatic heterocycles. The number of nitrogens with zero attached hydrogens (tertiary/aromatic N) is 4. The topological polar surface area (TPSA) is 79.7 Å². The van der Waals surface area contributed by atoms with Crippen LogP contribution < -0.4 is 5.32 Å². The number of carbonyl (C=O) groups excluding carboxylic acids is 2. The van der Waals surface area contributed by atoms with Crippen molar-refractivity contribution in [3.8, 4) is 0 Å². The van der Waals surface area contributed by atoms with Crippen LogP contribution in [0.25, 0.3) is 0 Å². The first-order valence-electron chi connectivity index (χ1n) is 11.3. The molecule has 1 aromatic rings. The Hall–Kier alpha value is -1.93. The van der Waals surface area contributed by atoms with Crippen molar-refractivity contribution in [3.63, 3.8) is 0 Å². The summed E-state index contributed by atoms with van der Waals surface area (Å²) in [4.78, 5) is 29.7. The van der Waals surface area contributed by atoms with E-state index in [9.17, 15) is 9.59 Å². The fraction of sp³-hybridized carbons (Fsp3) is 0.773. The lowest BCUT2D eigenvalue weighted by Gasteiger charge is -2.25. The predicted molar refractivity (Wildman–Crippen MR) is 112 cm³/mol. The third-order valence-corrected chi connectivity index (χ3v) is 6.70. The van der Waals surface area contributed by atoms with Gasteiger partial charge >= 0.3 is 0 Å². The highest BCUT2D eigenvalue weighted by atomic mass is 16.5. The van der Waals surface area contributed by atoms with Crippen LogP contribution in [0.3, 0.4) is 0 Å². The SMILES string of the molecule is CC(C)NC(=O)C[C@@H]1OC[C@@H]2[C@H]1[C@H](CC(=O)N1CCCC1)CN2Cc1ccn(C)n1. The summed E-state index contributed by atoms with van der Waals surface area (Å²) in [5, 5.41) is 7.52. The van der Waals surface area contributed by atoms with Gasteiger partial charge in [0.2, 0.25) is 11.8 Å². The quantitative estimate of drug-likeness (QED) is 0.720. The van der Waals surface area contributed by atoms with E-state index in [4.69, 9.17) is 4.74 Å². The van der Waals surface area contributed by atoms with Crippen LogP contribution in [0.5, 0.6) is 0 Å². The predicted octanol–water partition coefficient (Wildman–Crippen LogP) is 1.16. The third-order valence-electron chi connectivity index (χ3n) is 6.70. The molecule has 0 radical (unpaired) electrons. The Kier molecular flexibility index (Phi) is 6.43. The Bertz CT molecular complexity index is 758. The maximum Gasteiger partial charge on any atom is 0.222 e. The summed E-state index contributed by atoms with van der Waals surface area (Å²) in [7, 11) is 1.93. The summed E-state index contributed by atoms with van der Waals surface area (Å²) in [6.45, 7) is 7.94. The number of aryl methyl sites for hydroxylation is 1. The first-order valence-corrected chi connectivity index (χ1v) is 11.3. The van der Waals surface area contributed by atoms with E-state index in [-0.39, 0.29) is 41.8 Å². The van der Waals surface area contributed by atoms with E-state index in [0.29, 0.717) is 19.4 Å². The Morgan fingerprint density at radius 1 is 1.27 bits per heavy atom. The Balaban J connectivity index is 1.47. The van der Waals surface area contributed by atoms with Crippen LogP contribution >= 0.6 is 0 Å². The molecule has 0 saturated carbocycles. The minimum absolute atomic E-state index is 0.0310. The second kappa shape index (κ2) is 9.06. The molecular formula is C22H35N5O3. The van der Waals surface area contributed by atoms with E-state index < -0.39 is 0 Å². The Morgan fingerprint density at radius 3 is 2.70 bits per heavy atom. The summed E-state index contributed by atoms with van der Waals surface area (Å²) in [5.41, 5.74) is 1.03. The molecule has 30 heavy (non-hydrogen) atoms. The van der Waals surface area contributed by atoms with Crippen LogP contribution in [-0.2, 0) is 27.9 Å². The molecule has 0 bridgehead atoms. The van der Waals surface area contributed by atoms with E-state index >= 15 is 0 Å². The standard InChI is InChI=1S/C22H35N5O3/c1-15(2)23-20(28)11-19-22-16(10-21(29)26-7-4-5-8-26)12-27(18(22)14-30-19)13-17-6-9-25(3)24-17/h6,9,15-16,18-19,22H,4-5,7-8,10-14H2,1-3H3,(H,23,28)/t16-,18-,19+,22-/m1/s1. The molecule has 3 saturated heterocycles. The van der Waals surface area contributed by atoms with E-state index in [1.165, 1.54) is 0 Å². The monoisotopic (exact) mass is 417 g/mol. The van der Waals surface area contributed by atoms with Gasteiger partial charge in [0.15, 0.2) is 0 Å². The van der Waals surface area contributed by atoms with Gasteiger partial charge in [-0.25, -0.2) is 0 Å². The highest BCUT2D eigenvalue weighted by molar-refractivity contribution is 5.77. The Morgan fingerprint density at radius 2 is 2.03 bits per heavy atom. The molecule has 3 fully saturated rings. The molecule has 8 nitrogen and oxygen atoms in total. The second-order valence-electron chi connectivity index (χ2n) is 9.41. The van der Waals surface area contributed by atoms with Crippen LogP contribution in [0.2, 0.25) is 0 Å². The molecule has 1 N–H and O–H groups in total. The molecule has 0 unspecified atom stereocenters. The van der Waals surface area contributed by atoms with Crippen molar-refractivity contribution in [3.05, 3.63) is 18.0 Å². The zero-order chi connectivity index (χ0) is 21.3. The van der Waals surface area contributed by atoms with Crippen LogP contribution in [0, 0.1) is 11.8 Å². The molecular weight excluding hydrogens is 382 g/mol. The summed E-state index contributed by atoms with van der Waals surface area (Å²) < 4.78 is 7.95. The third kappa shape index (κ3) is 4.70. The van der Waals surface area contributed by atoms with Crippen LogP contribution in [0.1, 0.15) is 45.2 Å². The highest BCUT2D eigenvalue weighted by Gasteiger charge is 2.51. The maximum absolute atomic E-state index is 12.9. The first-order chi connectivity index (χ1) is 14.4. The van der Waals surface area contributed by atoms with Crippen LogP contribution in [0.15, 0.2) is 12.3 Å². The van der Waals surface area contributed by atoms with Crippen molar-refractivity contribution >= 4 is 11.8 Å². The van der Waals surface area contributed by atoms with Gasteiger partial charge in [0, 0.05) is 63.8 Å². The second-order valence-corrected chi connectivity index (χ2v) is 9.41. The molecule has 0 spiro atoms. The van der Waals surface area contributed by atoms with Gasteiger partial charge in [0.25, 0.3) is 0 Å². The fourth-order valence-electron chi connectivity index (χ4n) is 5.43. The molecule has 0 aromatic carbocycles. The molecule has 3 aliphatic rings. The first kappa shape index (κ1) is 21.3. The van der Waals surface area contributed by atoms with Gasteiger partial charge in [-0.15, -0.1) is 0 Å². The van der Waals surface area contributed by atoms with Crippen molar-refractivity contribution in [2.24, 2.45) is 18.9 Å². The van der Waals surface area contributed by atoms with Crippen LogP contribution in [0.4, 0.5) is 0 Å². The van der Waals surface area contributed by atoms with E-state index in [1.54, 1.807) is 0 Å². The molecule has 4 atom stereocenters. The van der Waals surface area contributed by atoms with Crippen molar-refractivity contribution in [1.29, 1.82) is 0 Å². The number of ether oxygens (including phenoxy) is 1. The molecule has 0 aliphatic carbocycles. The number of fused-ring (bicyclic) bond motifs is 1. The van der Waals surface area contributed by atoms with E-state index in [1.807, 2.05) is 42.7 Å². The van der Waals surface area contributed by atoms with Gasteiger partial charge in [0.1, 0.15) is 0 Å².